The standard InChI is InChI=1S/C21H38O/c1-3-4-5-6-18-7-9-19(10-8-18)11-12-20-13-15-21(16-14-20)17-22-2/h5-6,18-21H,3-4,7-17H2,1-2H3. The summed E-state index contributed by atoms with van der Waals surface area (Å²) >= 11 is 0. The van der Waals surface area contributed by atoms with E-state index >= 15 is 0 Å². The smallest absolute Gasteiger partial charge is 0.0490 e. The second kappa shape index (κ2) is 10.5. The van der Waals surface area contributed by atoms with Crippen LogP contribution in [0.15, 0.2) is 12.2 Å². The molecule has 0 radical (unpaired) electrons. The summed E-state index contributed by atoms with van der Waals surface area (Å²) in [4.78, 5) is 0. The predicted octanol–water partition coefficient (Wildman–Crippen LogP) is 6.38. The third-order valence-corrected chi connectivity index (χ3v) is 6.11. The number of ether oxygens (including phenoxy) is 1. The molecule has 0 amide bonds. The van der Waals surface area contributed by atoms with Gasteiger partial charge in [-0.25, -0.2) is 0 Å². The minimum atomic E-state index is 0.853. The van der Waals surface area contributed by atoms with E-state index < -0.39 is 0 Å². The fourth-order valence-corrected chi connectivity index (χ4v) is 4.52. The van der Waals surface area contributed by atoms with E-state index in [1.165, 1.54) is 77.0 Å². The molecule has 2 rings (SSSR count). The van der Waals surface area contributed by atoms with Crippen LogP contribution in [0, 0.1) is 23.7 Å². The topological polar surface area (TPSA) is 9.23 Å². The van der Waals surface area contributed by atoms with E-state index in [2.05, 4.69) is 19.1 Å². The number of hydrogen-bond acceptors (Lipinski definition) is 1. The fraction of sp³-hybridized carbons (Fsp3) is 0.905. The Balaban J connectivity index is 1.55. The van der Waals surface area contributed by atoms with E-state index in [0.717, 1.165) is 30.3 Å². The molecule has 0 bridgehead atoms. The van der Waals surface area contributed by atoms with Crippen molar-refractivity contribution in [2.75, 3.05) is 13.7 Å². The summed E-state index contributed by atoms with van der Waals surface area (Å²) in [5.41, 5.74) is 0. The molecule has 0 spiro atoms. The molecule has 1 nitrogen and oxygen atoms in total. The van der Waals surface area contributed by atoms with Crippen LogP contribution in [0.25, 0.3) is 0 Å². The summed E-state index contributed by atoms with van der Waals surface area (Å²) in [6.45, 7) is 3.26. The predicted molar refractivity (Wildman–Crippen MR) is 96.1 cm³/mol. The molecule has 0 saturated heterocycles. The third-order valence-electron chi connectivity index (χ3n) is 6.11. The van der Waals surface area contributed by atoms with Crippen LogP contribution < -0.4 is 0 Å². The van der Waals surface area contributed by atoms with Crippen LogP contribution in [-0.2, 0) is 4.74 Å². The van der Waals surface area contributed by atoms with Crippen LogP contribution in [0.4, 0.5) is 0 Å². The largest absolute Gasteiger partial charge is 0.384 e. The first-order valence-electron chi connectivity index (χ1n) is 9.97. The van der Waals surface area contributed by atoms with E-state index in [1.54, 1.807) is 0 Å². The zero-order valence-corrected chi connectivity index (χ0v) is 15.1. The van der Waals surface area contributed by atoms with Crippen molar-refractivity contribution < 1.29 is 4.74 Å². The SMILES string of the molecule is CCCC=CC1CCC(CCC2CCC(COC)CC2)CC1. The summed E-state index contributed by atoms with van der Waals surface area (Å²) in [5.74, 6) is 3.81. The molecule has 22 heavy (non-hydrogen) atoms. The van der Waals surface area contributed by atoms with Crippen LogP contribution >= 0.6 is 0 Å². The van der Waals surface area contributed by atoms with Gasteiger partial charge in [0.25, 0.3) is 0 Å². The Kier molecular flexibility index (Phi) is 8.59. The molecule has 2 fully saturated rings. The molecule has 0 atom stereocenters. The van der Waals surface area contributed by atoms with E-state index in [0.29, 0.717) is 0 Å². The molecule has 0 unspecified atom stereocenters. The van der Waals surface area contributed by atoms with Crippen LogP contribution in [0.2, 0.25) is 0 Å². The average Bonchev–Trinajstić information content (AvgIpc) is 2.56. The monoisotopic (exact) mass is 306 g/mol. The highest BCUT2D eigenvalue weighted by Gasteiger charge is 2.24. The molecule has 0 aliphatic heterocycles. The lowest BCUT2D eigenvalue weighted by molar-refractivity contribution is 0.115. The Hall–Kier alpha value is -0.300. The van der Waals surface area contributed by atoms with Gasteiger partial charge in [0.15, 0.2) is 0 Å². The van der Waals surface area contributed by atoms with Crippen molar-refractivity contribution in [3.05, 3.63) is 12.2 Å². The first kappa shape index (κ1) is 18.0. The Bertz CT molecular complexity index is 293. The highest BCUT2D eigenvalue weighted by molar-refractivity contribution is 4.91. The second-order valence-corrected chi connectivity index (χ2v) is 7.92. The van der Waals surface area contributed by atoms with Crippen molar-refractivity contribution in [1.82, 2.24) is 0 Å². The Morgan fingerprint density at radius 1 is 0.818 bits per heavy atom. The van der Waals surface area contributed by atoms with Crippen molar-refractivity contribution in [2.45, 2.75) is 84.0 Å². The fourth-order valence-electron chi connectivity index (χ4n) is 4.52. The minimum absolute atomic E-state index is 0.853. The van der Waals surface area contributed by atoms with Crippen molar-refractivity contribution in [1.29, 1.82) is 0 Å². The Morgan fingerprint density at radius 2 is 1.36 bits per heavy atom. The van der Waals surface area contributed by atoms with Gasteiger partial charge in [0.05, 0.1) is 0 Å². The van der Waals surface area contributed by atoms with Gasteiger partial charge in [0.2, 0.25) is 0 Å². The summed E-state index contributed by atoms with van der Waals surface area (Å²) < 4.78 is 5.31. The Morgan fingerprint density at radius 3 is 1.91 bits per heavy atom. The molecule has 2 aliphatic carbocycles. The van der Waals surface area contributed by atoms with Gasteiger partial charge >= 0.3 is 0 Å². The molecule has 2 aliphatic rings. The lowest BCUT2D eigenvalue weighted by Crippen LogP contribution is -2.19. The first-order chi connectivity index (χ1) is 10.8. The number of methoxy groups -OCH3 is 1. The quantitative estimate of drug-likeness (QED) is 0.473. The maximum atomic E-state index is 5.31. The van der Waals surface area contributed by atoms with Crippen LogP contribution in [0.3, 0.4) is 0 Å². The highest BCUT2D eigenvalue weighted by Crippen LogP contribution is 2.36. The molecule has 0 aromatic heterocycles. The summed E-state index contributed by atoms with van der Waals surface area (Å²) in [6.07, 6.45) is 22.1. The maximum absolute atomic E-state index is 5.31. The summed E-state index contributed by atoms with van der Waals surface area (Å²) in [7, 11) is 1.85. The number of unbranched alkanes of at least 4 members (excludes halogenated alkanes) is 1. The Labute approximate surface area is 138 Å². The van der Waals surface area contributed by atoms with Crippen molar-refractivity contribution in [3.8, 4) is 0 Å². The second-order valence-electron chi connectivity index (χ2n) is 7.92. The summed E-state index contributed by atoms with van der Waals surface area (Å²) in [6, 6.07) is 0. The van der Waals surface area contributed by atoms with Gasteiger partial charge in [-0.3, -0.25) is 0 Å². The molecular formula is C21H38O. The van der Waals surface area contributed by atoms with Gasteiger partial charge in [-0.1, -0.05) is 51.2 Å². The maximum Gasteiger partial charge on any atom is 0.0490 e. The molecule has 0 N–H and O–H groups in total. The zero-order valence-electron chi connectivity index (χ0n) is 15.1. The number of hydrogen-bond donors (Lipinski definition) is 0. The van der Waals surface area contributed by atoms with Crippen LogP contribution in [0.1, 0.15) is 84.0 Å². The van der Waals surface area contributed by atoms with Crippen molar-refractivity contribution in [2.24, 2.45) is 23.7 Å². The lowest BCUT2D eigenvalue weighted by Gasteiger charge is -2.31. The van der Waals surface area contributed by atoms with E-state index in [4.69, 9.17) is 4.74 Å². The molecule has 0 aromatic rings. The molecular weight excluding hydrogens is 268 g/mol. The van der Waals surface area contributed by atoms with Crippen LogP contribution in [0.5, 0.6) is 0 Å². The molecule has 128 valence electrons. The average molecular weight is 307 g/mol. The number of rotatable bonds is 8. The normalized spacial score (nSPS) is 33.4. The van der Waals surface area contributed by atoms with Crippen molar-refractivity contribution >= 4 is 0 Å². The van der Waals surface area contributed by atoms with Gasteiger partial charge in [-0.15, -0.1) is 0 Å². The molecule has 0 heterocycles. The van der Waals surface area contributed by atoms with Gasteiger partial charge in [-0.2, -0.15) is 0 Å². The third kappa shape index (κ3) is 6.44. The van der Waals surface area contributed by atoms with Gasteiger partial charge in [0.1, 0.15) is 0 Å². The lowest BCUT2D eigenvalue weighted by atomic mass is 9.75. The highest BCUT2D eigenvalue weighted by atomic mass is 16.5. The van der Waals surface area contributed by atoms with Gasteiger partial charge < -0.3 is 4.74 Å². The van der Waals surface area contributed by atoms with E-state index in [9.17, 15) is 0 Å². The molecule has 2 saturated carbocycles. The van der Waals surface area contributed by atoms with E-state index in [-0.39, 0.29) is 0 Å². The first-order valence-corrected chi connectivity index (χ1v) is 9.97. The zero-order chi connectivity index (χ0) is 15.6. The van der Waals surface area contributed by atoms with Gasteiger partial charge in [0, 0.05) is 13.7 Å². The number of allylic oxidation sites excluding steroid dienone is 2. The van der Waals surface area contributed by atoms with Gasteiger partial charge in [-0.05, 0) is 68.6 Å². The van der Waals surface area contributed by atoms with Crippen molar-refractivity contribution in [3.63, 3.8) is 0 Å². The van der Waals surface area contributed by atoms with E-state index in [1.807, 2.05) is 7.11 Å². The molecule has 0 aromatic carbocycles. The molecule has 1 heteroatoms. The summed E-state index contributed by atoms with van der Waals surface area (Å²) in [5, 5.41) is 0. The minimum Gasteiger partial charge on any atom is -0.384 e. The van der Waals surface area contributed by atoms with Crippen LogP contribution in [-0.4, -0.2) is 13.7 Å².